The topological polar surface area (TPSA) is 85.7 Å². The zero-order chi connectivity index (χ0) is 21.2. The molecule has 8 heteroatoms. The van der Waals surface area contributed by atoms with Crippen molar-refractivity contribution < 1.29 is 19.1 Å². The number of nitrogens with one attached hydrogen (secondary N) is 1. The largest absolute Gasteiger partial charge is 0.454 e. The molecule has 158 valence electrons. The molecule has 1 fully saturated rings. The molecule has 8 nitrogen and oxygen atoms in total. The molecule has 2 amide bonds. The Morgan fingerprint density at radius 3 is 2.58 bits per heavy atom. The molecule has 31 heavy (non-hydrogen) atoms. The summed E-state index contributed by atoms with van der Waals surface area (Å²) in [5.74, 6) is 1.05. The molecule has 2 aliphatic rings. The molecule has 2 aliphatic heterocycles. The average molecular weight is 418 g/mol. The van der Waals surface area contributed by atoms with E-state index in [1.54, 1.807) is 40.2 Å². The number of nitrogens with zero attached hydrogens (tertiary/aromatic N) is 3. The van der Waals surface area contributed by atoms with Crippen molar-refractivity contribution >= 4 is 17.5 Å². The van der Waals surface area contributed by atoms with E-state index in [1.807, 2.05) is 30.3 Å². The molecule has 0 bridgehead atoms. The Morgan fingerprint density at radius 1 is 1.00 bits per heavy atom. The van der Waals surface area contributed by atoms with Crippen LogP contribution in [0.2, 0.25) is 0 Å². The van der Waals surface area contributed by atoms with Crippen molar-refractivity contribution in [3.8, 4) is 17.2 Å². The van der Waals surface area contributed by atoms with Crippen LogP contribution < -0.4 is 14.8 Å². The van der Waals surface area contributed by atoms with Crippen molar-refractivity contribution in [3.05, 3.63) is 66.7 Å². The number of anilines is 1. The number of para-hydroxylation sites is 1. The Kier molecular flexibility index (Phi) is 5.03. The van der Waals surface area contributed by atoms with Crippen molar-refractivity contribution in [2.24, 2.45) is 5.92 Å². The standard InChI is InChI=1S/C23H22N4O4/c28-22(25-17-6-7-20-21(12-17)31-15-30-20)16-8-10-26(11-9-16)23(29)19-13-24-14-27(19)18-4-2-1-3-5-18/h1-7,12-14,16H,8-11,15H2,(H,25,28). The van der Waals surface area contributed by atoms with Gasteiger partial charge in [0, 0.05) is 36.4 Å². The number of carbonyl (C=O) groups excluding carboxylic acids is 2. The first-order valence-corrected chi connectivity index (χ1v) is 10.3. The van der Waals surface area contributed by atoms with Crippen LogP contribution >= 0.6 is 0 Å². The first-order chi connectivity index (χ1) is 15.2. The molecule has 0 unspecified atom stereocenters. The molecule has 0 saturated carbocycles. The van der Waals surface area contributed by atoms with Crippen molar-refractivity contribution in [3.63, 3.8) is 0 Å². The number of imidazole rings is 1. The summed E-state index contributed by atoms with van der Waals surface area (Å²) >= 11 is 0. The molecule has 3 heterocycles. The second-order valence-electron chi connectivity index (χ2n) is 7.61. The number of fused-ring (bicyclic) bond motifs is 1. The summed E-state index contributed by atoms with van der Waals surface area (Å²) in [6.07, 6.45) is 4.46. The zero-order valence-corrected chi connectivity index (χ0v) is 16.9. The van der Waals surface area contributed by atoms with Crippen LogP contribution in [0, 0.1) is 5.92 Å². The fourth-order valence-corrected chi connectivity index (χ4v) is 3.97. The van der Waals surface area contributed by atoms with E-state index in [4.69, 9.17) is 9.47 Å². The number of rotatable bonds is 4. The van der Waals surface area contributed by atoms with E-state index in [2.05, 4.69) is 10.3 Å². The maximum absolute atomic E-state index is 13.1. The van der Waals surface area contributed by atoms with E-state index in [0.29, 0.717) is 48.8 Å². The van der Waals surface area contributed by atoms with E-state index >= 15 is 0 Å². The summed E-state index contributed by atoms with van der Waals surface area (Å²) in [5, 5.41) is 2.95. The van der Waals surface area contributed by atoms with Gasteiger partial charge in [0.25, 0.3) is 5.91 Å². The summed E-state index contributed by atoms with van der Waals surface area (Å²) in [6.45, 7) is 1.25. The predicted octanol–water partition coefficient (Wildman–Crippen LogP) is 3.09. The lowest BCUT2D eigenvalue weighted by atomic mass is 9.95. The van der Waals surface area contributed by atoms with E-state index < -0.39 is 0 Å². The van der Waals surface area contributed by atoms with Gasteiger partial charge in [-0.2, -0.15) is 0 Å². The summed E-state index contributed by atoms with van der Waals surface area (Å²) in [4.78, 5) is 31.7. The maximum atomic E-state index is 13.1. The lowest BCUT2D eigenvalue weighted by Crippen LogP contribution is -2.42. The number of likely N-dealkylation sites (tertiary alicyclic amines) is 1. The number of carbonyl (C=O) groups is 2. The van der Waals surface area contributed by atoms with Gasteiger partial charge in [0.2, 0.25) is 12.7 Å². The number of ether oxygens (including phenoxy) is 2. The molecule has 0 radical (unpaired) electrons. The SMILES string of the molecule is O=C(Nc1ccc2c(c1)OCO2)C1CCN(C(=O)c2cncn2-c2ccccc2)CC1. The zero-order valence-electron chi connectivity index (χ0n) is 16.9. The summed E-state index contributed by atoms with van der Waals surface area (Å²) in [5.41, 5.74) is 2.09. The van der Waals surface area contributed by atoms with Crippen molar-refractivity contribution in [2.75, 3.05) is 25.2 Å². The monoisotopic (exact) mass is 418 g/mol. The summed E-state index contributed by atoms with van der Waals surface area (Å²) in [6, 6.07) is 15.0. The lowest BCUT2D eigenvalue weighted by molar-refractivity contribution is -0.121. The van der Waals surface area contributed by atoms with Crippen LogP contribution in [-0.2, 0) is 4.79 Å². The smallest absolute Gasteiger partial charge is 0.272 e. The van der Waals surface area contributed by atoms with Gasteiger partial charge >= 0.3 is 0 Å². The predicted molar refractivity (Wildman–Crippen MR) is 113 cm³/mol. The molecular formula is C23H22N4O4. The Bertz CT molecular complexity index is 1100. The highest BCUT2D eigenvalue weighted by Gasteiger charge is 2.29. The highest BCUT2D eigenvalue weighted by Crippen LogP contribution is 2.34. The average Bonchev–Trinajstić information content (AvgIpc) is 3.48. The van der Waals surface area contributed by atoms with Crippen molar-refractivity contribution in [1.29, 1.82) is 0 Å². The van der Waals surface area contributed by atoms with Crippen LogP contribution in [-0.4, -0.2) is 46.1 Å². The first-order valence-electron chi connectivity index (χ1n) is 10.3. The van der Waals surface area contributed by atoms with Crippen LogP contribution in [0.25, 0.3) is 5.69 Å². The number of aromatic nitrogens is 2. The quantitative estimate of drug-likeness (QED) is 0.704. The van der Waals surface area contributed by atoms with Gasteiger partial charge < -0.3 is 19.7 Å². The summed E-state index contributed by atoms with van der Waals surface area (Å²) < 4.78 is 12.4. The minimum Gasteiger partial charge on any atom is -0.454 e. The minimum absolute atomic E-state index is 0.0414. The fourth-order valence-electron chi connectivity index (χ4n) is 3.97. The molecular weight excluding hydrogens is 396 g/mol. The van der Waals surface area contributed by atoms with Crippen molar-refractivity contribution in [2.45, 2.75) is 12.8 Å². The molecule has 1 aromatic heterocycles. The summed E-state index contributed by atoms with van der Waals surface area (Å²) in [7, 11) is 0. The van der Waals surface area contributed by atoms with Crippen LogP contribution in [0.15, 0.2) is 61.1 Å². The fraction of sp³-hybridized carbons (Fsp3) is 0.261. The molecule has 1 saturated heterocycles. The molecule has 0 aliphatic carbocycles. The van der Waals surface area contributed by atoms with E-state index in [9.17, 15) is 9.59 Å². The highest BCUT2D eigenvalue weighted by molar-refractivity contribution is 5.95. The second kappa shape index (κ2) is 8.14. The van der Waals surface area contributed by atoms with Crippen molar-refractivity contribution in [1.82, 2.24) is 14.5 Å². The Labute approximate surface area is 179 Å². The van der Waals surface area contributed by atoms with Crippen LogP contribution in [0.3, 0.4) is 0 Å². The maximum Gasteiger partial charge on any atom is 0.272 e. The third kappa shape index (κ3) is 3.84. The molecule has 5 rings (SSSR count). The number of hydrogen-bond acceptors (Lipinski definition) is 5. The van der Waals surface area contributed by atoms with Gasteiger partial charge in [-0.3, -0.25) is 14.2 Å². The minimum atomic E-state index is -0.145. The van der Waals surface area contributed by atoms with Crippen LogP contribution in [0.4, 0.5) is 5.69 Å². The van der Waals surface area contributed by atoms with E-state index in [1.165, 1.54) is 0 Å². The molecule has 2 aromatic carbocycles. The third-order valence-electron chi connectivity index (χ3n) is 5.69. The van der Waals surface area contributed by atoms with Gasteiger partial charge in [-0.1, -0.05) is 18.2 Å². The van der Waals surface area contributed by atoms with E-state index in [-0.39, 0.29) is 24.5 Å². The van der Waals surface area contributed by atoms with Gasteiger partial charge in [-0.15, -0.1) is 0 Å². The molecule has 3 aromatic rings. The van der Waals surface area contributed by atoms with Gasteiger partial charge in [-0.05, 0) is 37.1 Å². The van der Waals surface area contributed by atoms with Crippen LogP contribution in [0.5, 0.6) is 11.5 Å². The van der Waals surface area contributed by atoms with Gasteiger partial charge in [0.05, 0.1) is 12.5 Å². The van der Waals surface area contributed by atoms with Gasteiger partial charge in [-0.25, -0.2) is 4.98 Å². The second-order valence-corrected chi connectivity index (χ2v) is 7.61. The van der Waals surface area contributed by atoms with Gasteiger partial charge in [0.1, 0.15) is 5.69 Å². The van der Waals surface area contributed by atoms with Crippen LogP contribution in [0.1, 0.15) is 23.3 Å². The Hall–Kier alpha value is -3.81. The number of benzene rings is 2. The number of hydrogen-bond donors (Lipinski definition) is 1. The Morgan fingerprint density at radius 2 is 1.77 bits per heavy atom. The Balaban J connectivity index is 1.20. The molecule has 0 spiro atoms. The lowest BCUT2D eigenvalue weighted by Gasteiger charge is -2.31. The first kappa shape index (κ1) is 19.2. The third-order valence-corrected chi connectivity index (χ3v) is 5.69. The molecule has 0 atom stereocenters. The van der Waals surface area contributed by atoms with Gasteiger partial charge in [0.15, 0.2) is 11.5 Å². The number of piperidine rings is 1. The highest BCUT2D eigenvalue weighted by atomic mass is 16.7. The molecule has 1 N–H and O–H groups in total. The van der Waals surface area contributed by atoms with E-state index in [0.717, 1.165) is 5.69 Å². The number of amides is 2. The normalized spacial score (nSPS) is 15.7.